The van der Waals surface area contributed by atoms with E-state index in [-0.39, 0.29) is 12.2 Å². The quantitative estimate of drug-likeness (QED) is 0.304. The number of carbonyl (C=O) groups excluding carboxylic acids is 2. The fourth-order valence-corrected chi connectivity index (χ4v) is 4.10. The normalized spacial score (nSPS) is 12.1. The molecular weight excluding hydrogens is 545 g/mol. The Kier molecular flexibility index (Phi) is 9.35. The molecule has 0 saturated carbocycles. The first-order valence-electron chi connectivity index (χ1n) is 12.5. The summed E-state index contributed by atoms with van der Waals surface area (Å²) >= 11 is 0. The van der Waals surface area contributed by atoms with Gasteiger partial charge in [0, 0.05) is 5.56 Å². The minimum atomic E-state index is -4.88. The zero-order valence-electron chi connectivity index (χ0n) is 22.9. The van der Waals surface area contributed by atoms with Gasteiger partial charge in [-0.2, -0.15) is 13.2 Å². The molecule has 3 aromatic carbocycles. The molecule has 3 aromatic rings. The van der Waals surface area contributed by atoms with Crippen LogP contribution in [0.5, 0.6) is 11.5 Å². The number of aliphatic hydroxyl groups excluding tert-OH is 2. The molecule has 11 heteroatoms. The monoisotopic (exact) mass is 576 g/mol. The summed E-state index contributed by atoms with van der Waals surface area (Å²) in [6.07, 6.45) is -4.88. The van der Waals surface area contributed by atoms with Gasteiger partial charge in [-0.05, 0) is 55.7 Å². The molecule has 0 aliphatic heterocycles. The summed E-state index contributed by atoms with van der Waals surface area (Å²) in [4.78, 5) is 24.9. The first-order chi connectivity index (χ1) is 19.2. The van der Waals surface area contributed by atoms with Crippen LogP contribution < -0.4 is 4.74 Å². The highest BCUT2D eigenvalue weighted by Gasteiger charge is 2.41. The molecule has 0 aliphatic rings. The molecule has 0 heterocycles. The number of carbonyl (C=O) groups is 2. The van der Waals surface area contributed by atoms with Crippen LogP contribution in [0, 0.1) is 0 Å². The zero-order valence-corrected chi connectivity index (χ0v) is 22.9. The standard InChI is InChI=1S/C30H31F3O8/c1-28(2,3)41-26(37)24-20(9-14-23(25(24)36)30(31,32)33)15-40-22-12-7-19(8-13-22)18-5-10-21(11-6-18)29(16-34,17-35)27(38)39-4/h5-14,34-36H,15-17H2,1-4H3. The predicted molar refractivity (Wildman–Crippen MR) is 142 cm³/mol. The maximum Gasteiger partial charge on any atom is 0.419 e. The van der Waals surface area contributed by atoms with Crippen LogP contribution in [0.1, 0.15) is 47.8 Å². The Hall–Kier alpha value is -4.09. The van der Waals surface area contributed by atoms with E-state index in [0.717, 1.165) is 17.2 Å². The van der Waals surface area contributed by atoms with Crippen LogP contribution in [0.25, 0.3) is 11.1 Å². The van der Waals surface area contributed by atoms with Crippen LogP contribution >= 0.6 is 0 Å². The first kappa shape index (κ1) is 31.4. The van der Waals surface area contributed by atoms with Crippen molar-refractivity contribution in [1.82, 2.24) is 0 Å². The van der Waals surface area contributed by atoms with Crippen LogP contribution in [0.3, 0.4) is 0 Å². The average molecular weight is 577 g/mol. The summed E-state index contributed by atoms with van der Waals surface area (Å²) in [5, 5.41) is 29.9. The van der Waals surface area contributed by atoms with Crippen molar-refractivity contribution in [2.45, 2.75) is 44.6 Å². The molecule has 0 radical (unpaired) electrons. The number of methoxy groups -OCH3 is 1. The molecule has 0 spiro atoms. The van der Waals surface area contributed by atoms with Gasteiger partial charge < -0.3 is 29.5 Å². The van der Waals surface area contributed by atoms with E-state index in [1.54, 1.807) is 69.3 Å². The molecule has 0 aromatic heterocycles. The van der Waals surface area contributed by atoms with Crippen LogP contribution in [0.4, 0.5) is 13.2 Å². The number of benzene rings is 3. The first-order valence-corrected chi connectivity index (χ1v) is 12.5. The van der Waals surface area contributed by atoms with Gasteiger partial charge in [0.2, 0.25) is 0 Å². The Morgan fingerprint density at radius 3 is 1.83 bits per heavy atom. The van der Waals surface area contributed by atoms with Crippen molar-refractivity contribution >= 4 is 11.9 Å². The summed E-state index contributed by atoms with van der Waals surface area (Å²) in [7, 11) is 1.17. The number of hydrogen-bond donors (Lipinski definition) is 3. The fraction of sp³-hybridized carbons (Fsp3) is 0.333. The second kappa shape index (κ2) is 12.2. The van der Waals surface area contributed by atoms with Gasteiger partial charge in [-0.15, -0.1) is 0 Å². The number of esters is 2. The van der Waals surface area contributed by atoms with E-state index in [4.69, 9.17) is 14.2 Å². The fourth-order valence-electron chi connectivity index (χ4n) is 4.10. The largest absolute Gasteiger partial charge is 0.506 e. The van der Waals surface area contributed by atoms with Crippen LogP contribution in [-0.4, -0.2) is 53.2 Å². The molecule has 8 nitrogen and oxygen atoms in total. The van der Waals surface area contributed by atoms with E-state index < -0.39 is 59.2 Å². The van der Waals surface area contributed by atoms with Crippen molar-refractivity contribution in [3.05, 3.63) is 82.9 Å². The maximum atomic E-state index is 13.4. The zero-order chi connectivity index (χ0) is 30.6. The van der Waals surface area contributed by atoms with Crippen molar-refractivity contribution in [1.29, 1.82) is 0 Å². The van der Waals surface area contributed by atoms with E-state index in [2.05, 4.69) is 0 Å². The van der Waals surface area contributed by atoms with Crippen molar-refractivity contribution < 1.29 is 52.3 Å². The molecule has 0 amide bonds. The topological polar surface area (TPSA) is 123 Å². The summed E-state index contributed by atoms with van der Waals surface area (Å²) in [6.45, 7) is 3.04. The van der Waals surface area contributed by atoms with Gasteiger partial charge in [0.25, 0.3) is 0 Å². The summed E-state index contributed by atoms with van der Waals surface area (Å²) < 4.78 is 55.8. The van der Waals surface area contributed by atoms with E-state index in [1.807, 2.05) is 0 Å². The number of hydrogen-bond acceptors (Lipinski definition) is 8. The summed E-state index contributed by atoms with van der Waals surface area (Å²) in [6, 6.07) is 15.0. The third kappa shape index (κ3) is 6.98. The molecule has 0 saturated heterocycles. The SMILES string of the molecule is COC(=O)C(CO)(CO)c1ccc(-c2ccc(OCc3ccc(C(F)(F)F)c(O)c3C(=O)OC(C)(C)C)cc2)cc1. The van der Waals surface area contributed by atoms with E-state index >= 15 is 0 Å². The maximum absolute atomic E-state index is 13.4. The molecule has 220 valence electrons. The number of phenolic OH excluding ortho intramolecular Hbond substituents is 1. The number of rotatable bonds is 9. The van der Waals surface area contributed by atoms with Gasteiger partial charge in [-0.25, -0.2) is 4.79 Å². The lowest BCUT2D eigenvalue weighted by Crippen LogP contribution is -2.44. The third-order valence-corrected chi connectivity index (χ3v) is 6.31. The molecule has 0 fully saturated rings. The molecule has 0 atom stereocenters. The molecule has 3 rings (SSSR count). The van der Waals surface area contributed by atoms with Crippen LogP contribution in [-0.2, 0) is 32.5 Å². The molecule has 41 heavy (non-hydrogen) atoms. The van der Waals surface area contributed by atoms with E-state index in [0.29, 0.717) is 17.4 Å². The van der Waals surface area contributed by atoms with Crippen molar-refractivity contribution in [3.8, 4) is 22.6 Å². The van der Waals surface area contributed by atoms with Crippen molar-refractivity contribution in [2.24, 2.45) is 0 Å². The number of aliphatic hydroxyl groups is 2. The predicted octanol–water partition coefficient (Wildman–Crippen LogP) is 5.01. The number of phenols is 1. The molecule has 0 aliphatic carbocycles. The Balaban J connectivity index is 1.83. The number of alkyl halides is 3. The van der Waals surface area contributed by atoms with E-state index in [1.165, 1.54) is 7.11 Å². The number of halogens is 3. The third-order valence-electron chi connectivity index (χ3n) is 6.31. The van der Waals surface area contributed by atoms with Crippen LogP contribution in [0.2, 0.25) is 0 Å². The van der Waals surface area contributed by atoms with Gasteiger partial charge in [-0.1, -0.05) is 42.5 Å². The number of ether oxygens (including phenoxy) is 3. The second-order valence-corrected chi connectivity index (χ2v) is 10.3. The molecule has 0 unspecified atom stereocenters. The summed E-state index contributed by atoms with van der Waals surface area (Å²) in [5.74, 6) is -2.78. The Morgan fingerprint density at radius 2 is 1.37 bits per heavy atom. The molecular formula is C30H31F3O8. The van der Waals surface area contributed by atoms with Crippen molar-refractivity contribution in [3.63, 3.8) is 0 Å². The number of aromatic hydroxyl groups is 1. The highest BCUT2D eigenvalue weighted by molar-refractivity contribution is 5.95. The lowest BCUT2D eigenvalue weighted by molar-refractivity contribution is -0.151. The van der Waals surface area contributed by atoms with Gasteiger partial charge in [0.05, 0.1) is 25.9 Å². The smallest absolute Gasteiger partial charge is 0.419 e. The van der Waals surface area contributed by atoms with Gasteiger partial charge in [0.1, 0.15) is 34.7 Å². The van der Waals surface area contributed by atoms with E-state index in [9.17, 15) is 38.1 Å². The average Bonchev–Trinajstić information content (AvgIpc) is 2.91. The Morgan fingerprint density at radius 1 is 0.829 bits per heavy atom. The van der Waals surface area contributed by atoms with Gasteiger partial charge >= 0.3 is 18.1 Å². The Labute approximate surface area is 234 Å². The molecule has 3 N–H and O–H groups in total. The highest BCUT2D eigenvalue weighted by atomic mass is 19.4. The van der Waals surface area contributed by atoms with Gasteiger partial charge in [-0.3, -0.25) is 4.79 Å². The lowest BCUT2D eigenvalue weighted by Gasteiger charge is -2.27. The minimum absolute atomic E-state index is 0.00581. The van der Waals surface area contributed by atoms with Gasteiger partial charge in [0.15, 0.2) is 0 Å². The summed E-state index contributed by atoms with van der Waals surface area (Å²) in [5.41, 5.74) is -2.72. The minimum Gasteiger partial charge on any atom is -0.506 e. The Bertz CT molecular complexity index is 1370. The molecule has 0 bridgehead atoms. The van der Waals surface area contributed by atoms with Crippen LogP contribution in [0.15, 0.2) is 60.7 Å². The lowest BCUT2D eigenvalue weighted by atomic mass is 9.81. The van der Waals surface area contributed by atoms with Crippen molar-refractivity contribution in [2.75, 3.05) is 20.3 Å². The highest BCUT2D eigenvalue weighted by Crippen LogP contribution is 2.40. The second-order valence-electron chi connectivity index (χ2n) is 10.3.